The van der Waals surface area contributed by atoms with Crippen molar-refractivity contribution < 1.29 is 19.1 Å². The molecule has 0 radical (unpaired) electrons. The highest BCUT2D eigenvalue weighted by Crippen LogP contribution is 2.22. The van der Waals surface area contributed by atoms with Crippen LogP contribution in [0.4, 0.5) is 11.4 Å². The molecule has 2 rings (SSSR count). The van der Waals surface area contributed by atoms with E-state index in [1.54, 1.807) is 30.3 Å². The van der Waals surface area contributed by atoms with Gasteiger partial charge in [-0.15, -0.1) is 0 Å². The van der Waals surface area contributed by atoms with E-state index < -0.39 is 5.97 Å². The lowest BCUT2D eigenvalue weighted by Crippen LogP contribution is -2.13. The highest BCUT2D eigenvalue weighted by Gasteiger charge is 2.11. The summed E-state index contributed by atoms with van der Waals surface area (Å²) in [6.07, 6.45) is 0. The molecular formula is C16H16N2O4. The Morgan fingerprint density at radius 2 is 1.82 bits per heavy atom. The molecule has 0 aromatic heterocycles. The van der Waals surface area contributed by atoms with Crippen molar-refractivity contribution in [2.45, 2.75) is 0 Å². The van der Waals surface area contributed by atoms with E-state index in [0.717, 1.165) is 0 Å². The number of hydrogen-bond acceptors (Lipinski definition) is 5. The third-order valence-corrected chi connectivity index (χ3v) is 3.03. The molecule has 0 aliphatic rings. The predicted octanol–water partition coefficient (Wildman–Crippen LogP) is 2.32. The second kappa shape index (κ2) is 6.62. The summed E-state index contributed by atoms with van der Waals surface area (Å²) in [6.45, 7) is 0. The van der Waals surface area contributed by atoms with Crippen LogP contribution in [0.1, 0.15) is 20.7 Å². The van der Waals surface area contributed by atoms with Gasteiger partial charge in [0.25, 0.3) is 5.91 Å². The first kappa shape index (κ1) is 15.4. The summed E-state index contributed by atoms with van der Waals surface area (Å²) in [6, 6.07) is 11.2. The average molecular weight is 300 g/mol. The molecule has 0 fully saturated rings. The SMILES string of the molecule is COC(=O)c1cccc(NC(=O)c2ccc(OC)c(N)c2)c1. The highest BCUT2D eigenvalue weighted by atomic mass is 16.5. The molecule has 0 atom stereocenters. The molecule has 2 aromatic rings. The van der Waals surface area contributed by atoms with Crippen molar-refractivity contribution in [3.8, 4) is 5.75 Å². The Balaban J connectivity index is 2.18. The van der Waals surface area contributed by atoms with E-state index in [-0.39, 0.29) is 5.91 Å². The van der Waals surface area contributed by atoms with Crippen molar-refractivity contribution in [2.75, 3.05) is 25.3 Å². The summed E-state index contributed by atoms with van der Waals surface area (Å²) < 4.78 is 9.68. The molecule has 0 aliphatic carbocycles. The second-order valence-electron chi connectivity index (χ2n) is 4.48. The molecule has 6 nitrogen and oxygen atoms in total. The van der Waals surface area contributed by atoms with E-state index in [1.807, 2.05) is 0 Å². The van der Waals surface area contributed by atoms with Gasteiger partial charge in [0.1, 0.15) is 5.75 Å². The van der Waals surface area contributed by atoms with Crippen molar-refractivity contribution in [1.82, 2.24) is 0 Å². The zero-order valence-corrected chi connectivity index (χ0v) is 12.3. The molecule has 2 aromatic carbocycles. The summed E-state index contributed by atoms with van der Waals surface area (Å²) in [5.74, 6) is -0.301. The van der Waals surface area contributed by atoms with Gasteiger partial charge in [-0.2, -0.15) is 0 Å². The molecule has 6 heteroatoms. The molecule has 0 spiro atoms. The summed E-state index contributed by atoms with van der Waals surface area (Å²) >= 11 is 0. The van der Waals surface area contributed by atoms with Gasteiger partial charge < -0.3 is 20.5 Å². The highest BCUT2D eigenvalue weighted by molar-refractivity contribution is 6.05. The normalized spacial score (nSPS) is 9.91. The number of hydrogen-bond donors (Lipinski definition) is 2. The van der Waals surface area contributed by atoms with Gasteiger partial charge in [0.05, 0.1) is 25.5 Å². The number of ether oxygens (including phenoxy) is 2. The third-order valence-electron chi connectivity index (χ3n) is 3.03. The minimum Gasteiger partial charge on any atom is -0.495 e. The number of methoxy groups -OCH3 is 2. The fraction of sp³-hybridized carbons (Fsp3) is 0.125. The summed E-state index contributed by atoms with van der Waals surface area (Å²) in [5.41, 5.74) is 7.39. The number of anilines is 2. The standard InChI is InChI=1S/C16H16N2O4/c1-21-14-7-6-10(9-13(14)17)15(19)18-12-5-3-4-11(8-12)16(20)22-2/h3-9H,17H2,1-2H3,(H,18,19). The quantitative estimate of drug-likeness (QED) is 0.668. The van der Waals surface area contributed by atoms with Crippen LogP contribution < -0.4 is 15.8 Å². The maximum absolute atomic E-state index is 12.2. The van der Waals surface area contributed by atoms with Crippen molar-refractivity contribution in [3.05, 3.63) is 53.6 Å². The molecule has 0 unspecified atom stereocenters. The van der Waals surface area contributed by atoms with Crippen LogP contribution in [0.5, 0.6) is 5.75 Å². The molecule has 0 bridgehead atoms. The van der Waals surface area contributed by atoms with Crippen LogP contribution in [0.2, 0.25) is 0 Å². The molecule has 0 saturated carbocycles. The minimum atomic E-state index is -0.468. The smallest absolute Gasteiger partial charge is 0.337 e. The van der Waals surface area contributed by atoms with E-state index in [9.17, 15) is 9.59 Å². The Morgan fingerprint density at radius 3 is 2.45 bits per heavy atom. The number of rotatable bonds is 4. The number of benzene rings is 2. The summed E-state index contributed by atoms with van der Waals surface area (Å²) in [5, 5.41) is 2.70. The van der Waals surface area contributed by atoms with Gasteiger partial charge in [-0.05, 0) is 36.4 Å². The van der Waals surface area contributed by atoms with Crippen LogP contribution in [0.3, 0.4) is 0 Å². The third kappa shape index (κ3) is 3.35. The first-order valence-electron chi connectivity index (χ1n) is 6.48. The van der Waals surface area contributed by atoms with Crippen molar-refractivity contribution >= 4 is 23.3 Å². The predicted molar refractivity (Wildman–Crippen MR) is 83.1 cm³/mol. The zero-order valence-electron chi connectivity index (χ0n) is 12.3. The Bertz CT molecular complexity index is 713. The topological polar surface area (TPSA) is 90.6 Å². The zero-order chi connectivity index (χ0) is 16.1. The van der Waals surface area contributed by atoms with E-state index in [0.29, 0.717) is 28.3 Å². The van der Waals surface area contributed by atoms with Crippen molar-refractivity contribution in [2.24, 2.45) is 0 Å². The number of carbonyl (C=O) groups excluding carboxylic acids is 2. The Labute approximate surface area is 127 Å². The van der Waals surface area contributed by atoms with Crippen LogP contribution >= 0.6 is 0 Å². The maximum atomic E-state index is 12.2. The minimum absolute atomic E-state index is 0.337. The molecule has 1 amide bonds. The number of esters is 1. The van der Waals surface area contributed by atoms with Gasteiger partial charge in [-0.1, -0.05) is 6.07 Å². The summed E-state index contributed by atoms with van der Waals surface area (Å²) in [7, 11) is 2.80. The van der Waals surface area contributed by atoms with Crippen LogP contribution in [0.25, 0.3) is 0 Å². The lowest BCUT2D eigenvalue weighted by molar-refractivity contribution is 0.0600. The van der Waals surface area contributed by atoms with Gasteiger partial charge >= 0.3 is 5.97 Å². The first-order valence-corrected chi connectivity index (χ1v) is 6.48. The first-order chi connectivity index (χ1) is 10.5. The fourth-order valence-electron chi connectivity index (χ4n) is 1.92. The van der Waals surface area contributed by atoms with E-state index in [2.05, 4.69) is 10.1 Å². The molecule has 0 heterocycles. The van der Waals surface area contributed by atoms with Crippen molar-refractivity contribution in [3.63, 3.8) is 0 Å². The number of amides is 1. The Hall–Kier alpha value is -3.02. The second-order valence-corrected chi connectivity index (χ2v) is 4.48. The van der Waals surface area contributed by atoms with E-state index in [1.165, 1.54) is 26.4 Å². The Kier molecular flexibility index (Phi) is 4.63. The van der Waals surface area contributed by atoms with Gasteiger partial charge in [-0.3, -0.25) is 4.79 Å². The summed E-state index contributed by atoms with van der Waals surface area (Å²) in [4.78, 5) is 23.7. The number of nitrogens with one attached hydrogen (secondary N) is 1. The monoisotopic (exact) mass is 300 g/mol. The number of nitrogen functional groups attached to an aromatic ring is 1. The van der Waals surface area contributed by atoms with Crippen LogP contribution in [-0.2, 0) is 4.74 Å². The van der Waals surface area contributed by atoms with Gasteiger partial charge in [0.2, 0.25) is 0 Å². The van der Waals surface area contributed by atoms with Gasteiger partial charge in [0.15, 0.2) is 0 Å². The number of carbonyl (C=O) groups is 2. The fourth-order valence-corrected chi connectivity index (χ4v) is 1.92. The van der Waals surface area contributed by atoms with Crippen LogP contribution in [-0.4, -0.2) is 26.1 Å². The lowest BCUT2D eigenvalue weighted by atomic mass is 10.1. The van der Waals surface area contributed by atoms with Crippen LogP contribution in [0, 0.1) is 0 Å². The van der Waals surface area contributed by atoms with Gasteiger partial charge in [0, 0.05) is 11.3 Å². The molecular weight excluding hydrogens is 284 g/mol. The number of nitrogens with two attached hydrogens (primary N) is 1. The molecule has 0 saturated heterocycles. The molecule has 22 heavy (non-hydrogen) atoms. The van der Waals surface area contributed by atoms with E-state index >= 15 is 0 Å². The maximum Gasteiger partial charge on any atom is 0.337 e. The van der Waals surface area contributed by atoms with Crippen LogP contribution in [0.15, 0.2) is 42.5 Å². The average Bonchev–Trinajstić information content (AvgIpc) is 2.54. The molecule has 3 N–H and O–H groups in total. The largest absolute Gasteiger partial charge is 0.495 e. The molecule has 114 valence electrons. The molecule has 0 aliphatic heterocycles. The lowest BCUT2D eigenvalue weighted by Gasteiger charge is -2.09. The van der Waals surface area contributed by atoms with Gasteiger partial charge in [-0.25, -0.2) is 4.79 Å². The Morgan fingerprint density at radius 1 is 1.05 bits per heavy atom. The van der Waals surface area contributed by atoms with Crippen molar-refractivity contribution in [1.29, 1.82) is 0 Å². The van der Waals surface area contributed by atoms with E-state index in [4.69, 9.17) is 10.5 Å².